The van der Waals surface area contributed by atoms with Crippen molar-refractivity contribution in [3.05, 3.63) is 72.4 Å². The average Bonchev–Trinajstić information content (AvgIpc) is 2.63. The molecule has 0 spiro atoms. The molecule has 2 aromatic carbocycles. The van der Waals surface area contributed by atoms with Crippen LogP contribution in [0.4, 0.5) is 5.69 Å². The molecule has 122 valence electrons. The number of pyridine rings is 1. The van der Waals surface area contributed by atoms with Crippen LogP contribution in [0.15, 0.2) is 66.9 Å². The van der Waals surface area contributed by atoms with Crippen molar-refractivity contribution >= 4 is 29.0 Å². The van der Waals surface area contributed by atoms with Crippen molar-refractivity contribution in [1.82, 2.24) is 4.98 Å². The van der Waals surface area contributed by atoms with Crippen LogP contribution >= 0.6 is 0 Å². The first-order chi connectivity index (χ1) is 11.7. The molecule has 1 aromatic heterocycles. The number of anilines is 1. The third kappa shape index (κ3) is 4.15. The first-order valence-corrected chi connectivity index (χ1v) is 7.20. The average molecular weight is 323 g/mol. The van der Waals surface area contributed by atoms with Crippen LogP contribution in [0, 0.1) is 0 Å². The number of carbonyl (C=O) groups excluding carboxylic acids is 1. The van der Waals surface area contributed by atoms with Crippen molar-refractivity contribution < 1.29 is 14.7 Å². The molecule has 1 atom stereocenters. The molecule has 3 aromatic rings. The highest BCUT2D eigenvalue weighted by Crippen LogP contribution is 2.22. The lowest BCUT2D eigenvalue weighted by molar-refractivity contribution is -0.123. The number of nitrogens with zero attached hydrogens (tertiary/aromatic N) is 1. The molecule has 4 N–H and O–H groups in total. The van der Waals surface area contributed by atoms with Crippen LogP contribution in [0.2, 0.25) is 0 Å². The number of carboxylic acid groups (broad SMARTS) is 1. The number of nitrogens with one attached hydrogen (secondary N) is 1. The number of rotatable bonds is 3. The lowest BCUT2D eigenvalue weighted by Gasteiger charge is -2.13. The lowest BCUT2D eigenvalue weighted by atomic mass is 10.1. The summed E-state index contributed by atoms with van der Waals surface area (Å²) >= 11 is 0. The van der Waals surface area contributed by atoms with Crippen molar-refractivity contribution in [2.75, 3.05) is 5.32 Å². The van der Waals surface area contributed by atoms with Gasteiger partial charge in [-0.25, -0.2) is 0 Å². The highest BCUT2D eigenvalue weighted by Gasteiger charge is 2.16. The standard InChI is InChI=1S/C17H15N3O.CH2O2/c18-15(12-6-2-1-3-7-12)17(21)20-14-10-4-8-13-9-5-11-19-16(13)14;2-1-3/h1-11,15H,18H2,(H,20,21);1H,(H,2,3). The Labute approximate surface area is 138 Å². The van der Waals surface area contributed by atoms with Gasteiger partial charge in [0.25, 0.3) is 6.47 Å². The molecule has 0 saturated carbocycles. The summed E-state index contributed by atoms with van der Waals surface area (Å²) in [4.78, 5) is 25.0. The van der Waals surface area contributed by atoms with Gasteiger partial charge in [-0.1, -0.05) is 48.5 Å². The molecule has 0 radical (unpaired) electrons. The zero-order valence-electron chi connectivity index (χ0n) is 12.8. The topological polar surface area (TPSA) is 105 Å². The molecule has 1 amide bonds. The van der Waals surface area contributed by atoms with E-state index < -0.39 is 6.04 Å². The van der Waals surface area contributed by atoms with Gasteiger partial charge in [0.2, 0.25) is 5.91 Å². The first kappa shape index (κ1) is 17.1. The van der Waals surface area contributed by atoms with Gasteiger partial charge in [-0.15, -0.1) is 0 Å². The summed E-state index contributed by atoms with van der Waals surface area (Å²) in [5.41, 5.74) is 8.21. The molecule has 24 heavy (non-hydrogen) atoms. The van der Waals surface area contributed by atoms with Crippen molar-refractivity contribution in [2.24, 2.45) is 5.73 Å². The summed E-state index contributed by atoms with van der Waals surface area (Å²) in [6.45, 7) is -0.250. The second kappa shape index (κ2) is 8.40. The Bertz CT molecular complexity index is 817. The Kier molecular flexibility index (Phi) is 5.99. The van der Waals surface area contributed by atoms with E-state index in [-0.39, 0.29) is 12.4 Å². The summed E-state index contributed by atoms with van der Waals surface area (Å²) in [5.74, 6) is -0.251. The fraction of sp³-hybridized carbons (Fsp3) is 0.0556. The van der Waals surface area contributed by atoms with E-state index >= 15 is 0 Å². The van der Waals surface area contributed by atoms with E-state index in [1.165, 1.54) is 0 Å². The molecule has 0 saturated heterocycles. The summed E-state index contributed by atoms with van der Waals surface area (Å²) in [7, 11) is 0. The SMILES string of the molecule is NC(C(=O)Nc1cccc2cccnc12)c1ccccc1.O=CO. The van der Waals surface area contributed by atoms with Crippen LogP contribution in [0.3, 0.4) is 0 Å². The fourth-order valence-corrected chi connectivity index (χ4v) is 2.23. The number of para-hydroxylation sites is 1. The van der Waals surface area contributed by atoms with Crippen LogP contribution in [0.25, 0.3) is 10.9 Å². The Hall–Kier alpha value is -3.25. The Morgan fingerprint density at radius 2 is 1.75 bits per heavy atom. The van der Waals surface area contributed by atoms with Gasteiger partial charge in [0.1, 0.15) is 6.04 Å². The molecule has 3 rings (SSSR count). The van der Waals surface area contributed by atoms with Gasteiger partial charge in [0, 0.05) is 11.6 Å². The van der Waals surface area contributed by atoms with Gasteiger partial charge in [-0.3, -0.25) is 14.6 Å². The Balaban J connectivity index is 0.000000647. The molecular weight excluding hydrogens is 306 g/mol. The lowest BCUT2D eigenvalue weighted by Crippen LogP contribution is -2.27. The molecule has 6 nitrogen and oxygen atoms in total. The summed E-state index contributed by atoms with van der Waals surface area (Å²) < 4.78 is 0. The Morgan fingerprint density at radius 3 is 2.46 bits per heavy atom. The molecule has 0 aliphatic carbocycles. The maximum atomic E-state index is 12.3. The maximum Gasteiger partial charge on any atom is 0.290 e. The van der Waals surface area contributed by atoms with Gasteiger partial charge in [0.15, 0.2) is 0 Å². The molecular formula is C18H17N3O3. The van der Waals surface area contributed by atoms with Crippen LogP contribution in [0.1, 0.15) is 11.6 Å². The molecule has 0 fully saturated rings. The molecule has 0 aliphatic heterocycles. The summed E-state index contributed by atoms with van der Waals surface area (Å²) in [6, 6.07) is 18.1. The van der Waals surface area contributed by atoms with Gasteiger partial charge in [0.05, 0.1) is 11.2 Å². The minimum absolute atomic E-state index is 0.250. The number of benzene rings is 2. The third-order valence-corrected chi connectivity index (χ3v) is 3.33. The van der Waals surface area contributed by atoms with Gasteiger partial charge >= 0.3 is 0 Å². The molecule has 0 bridgehead atoms. The van der Waals surface area contributed by atoms with E-state index in [2.05, 4.69) is 10.3 Å². The molecule has 6 heteroatoms. The van der Waals surface area contributed by atoms with Gasteiger partial charge < -0.3 is 16.2 Å². The van der Waals surface area contributed by atoms with Crippen LogP contribution in [-0.2, 0) is 9.59 Å². The quantitative estimate of drug-likeness (QED) is 0.642. The van der Waals surface area contributed by atoms with E-state index in [0.717, 1.165) is 16.5 Å². The molecule has 1 heterocycles. The first-order valence-electron chi connectivity index (χ1n) is 7.20. The minimum Gasteiger partial charge on any atom is -0.483 e. The highest BCUT2D eigenvalue weighted by molar-refractivity contribution is 6.02. The number of nitrogens with two attached hydrogens (primary N) is 1. The summed E-state index contributed by atoms with van der Waals surface area (Å²) in [6.07, 6.45) is 1.70. The van der Waals surface area contributed by atoms with Gasteiger partial charge in [-0.2, -0.15) is 0 Å². The molecule has 0 aliphatic rings. The largest absolute Gasteiger partial charge is 0.483 e. The van der Waals surface area contributed by atoms with Gasteiger partial charge in [-0.05, 0) is 17.7 Å². The van der Waals surface area contributed by atoms with Crippen LogP contribution in [-0.4, -0.2) is 22.5 Å². The van der Waals surface area contributed by atoms with Crippen molar-refractivity contribution in [3.63, 3.8) is 0 Å². The number of aromatic nitrogens is 1. The third-order valence-electron chi connectivity index (χ3n) is 3.33. The van der Waals surface area contributed by atoms with Crippen molar-refractivity contribution in [1.29, 1.82) is 0 Å². The fourth-order valence-electron chi connectivity index (χ4n) is 2.23. The Morgan fingerprint density at radius 1 is 1.08 bits per heavy atom. The second-order valence-electron chi connectivity index (χ2n) is 4.86. The zero-order chi connectivity index (χ0) is 17.4. The molecule has 1 unspecified atom stereocenters. The van der Waals surface area contributed by atoms with E-state index in [4.69, 9.17) is 15.6 Å². The smallest absolute Gasteiger partial charge is 0.290 e. The van der Waals surface area contributed by atoms with Crippen molar-refractivity contribution in [3.8, 4) is 0 Å². The monoisotopic (exact) mass is 323 g/mol. The minimum atomic E-state index is -0.704. The highest BCUT2D eigenvalue weighted by atomic mass is 16.3. The van der Waals surface area contributed by atoms with Crippen LogP contribution < -0.4 is 11.1 Å². The number of hydrogen-bond acceptors (Lipinski definition) is 4. The van der Waals surface area contributed by atoms with E-state index in [1.54, 1.807) is 6.20 Å². The van der Waals surface area contributed by atoms with E-state index in [1.807, 2.05) is 60.7 Å². The predicted octanol–water partition coefficient (Wildman–Crippen LogP) is 2.57. The summed E-state index contributed by atoms with van der Waals surface area (Å²) in [5, 5.41) is 10.7. The van der Waals surface area contributed by atoms with E-state index in [0.29, 0.717) is 5.69 Å². The number of fused-ring (bicyclic) bond motifs is 1. The number of hydrogen-bond donors (Lipinski definition) is 3. The second-order valence-corrected chi connectivity index (χ2v) is 4.86. The zero-order valence-corrected chi connectivity index (χ0v) is 12.8. The maximum absolute atomic E-state index is 12.3. The number of carbonyl (C=O) groups is 2. The predicted molar refractivity (Wildman–Crippen MR) is 92.4 cm³/mol. The van der Waals surface area contributed by atoms with E-state index in [9.17, 15) is 4.79 Å². The van der Waals surface area contributed by atoms with Crippen molar-refractivity contribution in [2.45, 2.75) is 6.04 Å². The van der Waals surface area contributed by atoms with Crippen LogP contribution in [0.5, 0.6) is 0 Å². The normalized spacial score (nSPS) is 11.0. The number of amides is 1.